The summed E-state index contributed by atoms with van der Waals surface area (Å²) >= 11 is 2.22. The molecule has 0 aromatic heterocycles. The maximum Gasteiger partial charge on any atom is 0.348 e. The fraction of sp³-hybridized carbons (Fsp3) is 0.333. The van der Waals surface area contributed by atoms with Crippen molar-refractivity contribution in [3.05, 3.63) is 46.5 Å². The Labute approximate surface area is 204 Å². The number of fused-ring (bicyclic) bond motifs is 1. The van der Waals surface area contributed by atoms with Crippen molar-refractivity contribution in [1.82, 2.24) is 0 Å². The SMILES string of the molecule is CCCCCc1c(Oc2cc(OC)cc3c2C(=O)O/C3=C/CCI)c(O)cc(O)c1C(=O)O. The molecule has 0 unspecified atom stereocenters. The first-order chi connectivity index (χ1) is 15.8. The average molecular weight is 568 g/mol. The molecule has 1 aliphatic rings. The van der Waals surface area contributed by atoms with Gasteiger partial charge in [0.25, 0.3) is 0 Å². The number of esters is 1. The summed E-state index contributed by atoms with van der Waals surface area (Å²) in [6.45, 7) is 2.00. The summed E-state index contributed by atoms with van der Waals surface area (Å²) in [5.41, 5.74) is 0.448. The third-order valence-corrected chi connectivity index (χ3v) is 5.84. The van der Waals surface area contributed by atoms with E-state index in [2.05, 4.69) is 22.6 Å². The van der Waals surface area contributed by atoms with Gasteiger partial charge in [0, 0.05) is 27.7 Å². The van der Waals surface area contributed by atoms with E-state index in [0.717, 1.165) is 23.3 Å². The maximum absolute atomic E-state index is 12.7. The quantitative estimate of drug-likeness (QED) is 0.145. The Morgan fingerprint density at radius 2 is 1.94 bits per heavy atom. The zero-order valence-electron chi connectivity index (χ0n) is 18.3. The van der Waals surface area contributed by atoms with Gasteiger partial charge in [-0.05, 0) is 31.4 Å². The molecule has 0 fully saturated rings. The van der Waals surface area contributed by atoms with Gasteiger partial charge in [0.2, 0.25) is 0 Å². The summed E-state index contributed by atoms with van der Waals surface area (Å²) < 4.78 is 17.6. The van der Waals surface area contributed by atoms with Crippen LogP contribution in [0.25, 0.3) is 5.76 Å². The minimum absolute atomic E-state index is 0.0568. The van der Waals surface area contributed by atoms with E-state index in [0.29, 0.717) is 29.9 Å². The van der Waals surface area contributed by atoms with E-state index < -0.39 is 23.4 Å². The number of halogens is 1. The number of hydrogen-bond acceptors (Lipinski definition) is 7. The maximum atomic E-state index is 12.7. The number of rotatable bonds is 10. The van der Waals surface area contributed by atoms with E-state index in [-0.39, 0.29) is 34.6 Å². The molecule has 9 heteroatoms. The lowest BCUT2D eigenvalue weighted by molar-refractivity contribution is 0.0686. The Hall–Kier alpha value is -2.95. The second-order valence-corrected chi connectivity index (χ2v) is 8.52. The largest absolute Gasteiger partial charge is 0.507 e. The predicted octanol–water partition coefficient (Wildman–Crippen LogP) is 5.67. The fourth-order valence-electron chi connectivity index (χ4n) is 3.68. The molecule has 0 radical (unpaired) electrons. The van der Waals surface area contributed by atoms with Gasteiger partial charge in [-0.15, -0.1) is 0 Å². The third kappa shape index (κ3) is 5.18. The minimum Gasteiger partial charge on any atom is -0.507 e. The number of aromatic carboxylic acids is 1. The van der Waals surface area contributed by atoms with Crippen LogP contribution in [0.2, 0.25) is 0 Å². The van der Waals surface area contributed by atoms with E-state index in [4.69, 9.17) is 14.2 Å². The van der Waals surface area contributed by atoms with E-state index in [1.165, 1.54) is 13.2 Å². The van der Waals surface area contributed by atoms with Crippen LogP contribution >= 0.6 is 22.6 Å². The van der Waals surface area contributed by atoms with Crippen molar-refractivity contribution in [1.29, 1.82) is 0 Å². The summed E-state index contributed by atoms with van der Waals surface area (Å²) in [5, 5.41) is 30.4. The van der Waals surface area contributed by atoms with Gasteiger partial charge in [-0.25, -0.2) is 9.59 Å². The van der Waals surface area contributed by atoms with Gasteiger partial charge < -0.3 is 29.5 Å². The van der Waals surface area contributed by atoms with Crippen molar-refractivity contribution in [2.75, 3.05) is 11.5 Å². The second-order valence-electron chi connectivity index (χ2n) is 7.45. The average Bonchev–Trinajstić information content (AvgIpc) is 3.09. The van der Waals surface area contributed by atoms with Crippen LogP contribution in [0.1, 0.15) is 64.4 Å². The number of carbonyl (C=O) groups is 2. The number of carboxylic acid groups (broad SMARTS) is 1. The number of methoxy groups -OCH3 is 1. The van der Waals surface area contributed by atoms with Crippen LogP contribution in [0, 0.1) is 0 Å². The van der Waals surface area contributed by atoms with Crippen LogP contribution in [0.4, 0.5) is 0 Å². The van der Waals surface area contributed by atoms with Crippen LogP contribution < -0.4 is 9.47 Å². The molecular weight excluding hydrogens is 543 g/mol. The summed E-state index contributed by atoms with van der Waals surface area (Å²) in [5.74, 6) is -2.25. The zero-order chi connectivity index (χ0) is 24.1. The van der Waals surface area contributed by atoms with Crippen molar-refractivity contribution < 1.29 is 39.1 Å². The van der Waals surface area contributed by atoms with E-state index in [1.807, 2.05) is 6.92 Å². The number of ether oxygens (including phenoxy) is 3. The number of cyclic esters (lactones) is 1. The van der Waals surface area contributed by atoms with Crippen LogP contribution in [-0.4, -0.2) is 38.8 Å². The number of carboxylic acids is 1. The topological polar surface area (TPSA) is 123 Å². The van der Waals surface area contributed by atoms with Crippen LogP contribution in [-0.2, 0) is 11.2 Å². The van der Waals surface area contributed by atoms with Gasteiger partial charge in [0.05, 0.1) is 7.11 Å². The Bertz CT molecular complexity index is 1110. The minimum atomic E-state index is -1.34. The van der Waals surface area contributed by atoms with Gasteiger partial charge in [0.1, 0.15) is 34.1 Å². The number of benzene rings is 2. The smallest absolute Gasteiger partial charge is 0.348 e. The van der Waals surface area contributed by atoms with Gasteiger partial charge in [-0.3, -0.25) is 0 Å². The van der Waals surface area contributed by atoms with Crippen molar-refractivity contribution in [3.63, 3.8) is 0 Å². The number of phenolic OH excluding ortho intramolecular Hbond substituents is 1. The molecule has 1 aliphatic heterocycles. The number of carbonyl (C=O) groups excluding carboxylic acids is 1. The third-order valence-electron chi connectivity index (χ3n) is 5.22. The van der Waals surface area contributed by atoms with Crippen molar-refractivity contribution in [2.45, 2.75) is 39.0 Å². The molecule has 176 valence electrons. The van der Waals surface area contributed by atoms with E-state index >= 15 is 0 Å². The van der Waals surface area contributed by atoms with Gasteiger partial charge in [-0.2, -0.15) is 0 Å². The van der Waals surface area contributed by atoms with Gasteiger partial charge in [-0.1, -0.05) is 42.4 Å². The zero-order valence-corrected chi connectivity index (χ0v) is 20.5. The first-order valence-electron chi connectivity index (χ1n) is 10.5. The lowest BCUT2D eigenvalue weighted by Crippen LogP contribution is -2.07. The molecule has 33 heavy (non-hydrogen) atoms. The molecule has 2 aromatic rings. The van der Waals surface area contributed by atoms with Crippen molar-refractivity contribution in [2.24, 2.45) is 0 Å². The van der Waals surface area contributed by atoms with E-state index in [1.54, 1.807) is 12.1 Å². The summed E-state index contributed by atoms with van der Waals surface area (Å²) in [6, 6.07) is 4.06. The van der Waals surface area contributed by atoms with Gasteiger partial charge in [0.15, 0.2) is 11.5 Å². The molecule has 3 rings (SSSR count). The first kappa shape index (κ1) is 24.7. The Balaban J connectivity index is 2.17. The highest BCUT2D eigenvalue weighted by atomic mass is 127. The molecule has 8 nitrogen and oxygen atoms in total. The number of aromatic hydroxyl groups is 2. The van der Waals surface area contributed by atoms with Crippen molar-refractivity contribution in [3.8, 4) is 28.7 Å². The number of alkyl halides is 1. The monoisotopic (exact) mass is 568 g/mol. The molecule has 3 N–H and O–H groups in total. The van der Waals surface area contributed by atoms with E-state index in [9.17, 15) is 24.9 Å². The summed E-state index contributed by atoms with van der Waals surface area (Å²) in [7, 11) is 1.47. The fourth-order valence-corrected chi connectivity index (χ4v) is 3.99. The molecule has 0 saturated carbocycles. The lowest BCUT2D eigenvalue weighted by Gasteiger charge is -2.18. The normalized spacial score (nSPS) is 13.7. The van der Waals surface area contributed by atoms with Gasteiger partial charge >= 0.3 is 11.9 Å². The molecule has 1 heterocycles. The predicted molar refractivity (Wildman–Crippen MR) is 130 cm³/mol. The molecule has 0 atom stereocenters. The van der Waals surface area contributed by atoms with Crippen molar-refractivity contribution >= 4 is 40.3 Å². The van der Waals surface area contributed by atoms with Crippen LogP contribution in [0.15, 0.2) is 24.3 Å². The number of phenols is 2. The molecule has 0 saturated heterocycles. The summed E-state index contributed by atoms with van der Waals surface area (Å²) in [6.07, 6.45) is 5.09. The molecule has 0 amide bonds. The molecule has 0 spiro atoms. The van der Waals surface area contributed by atoms with Crippen LogP contribution in [0.5, 0.6) is 28.7 Å². The molecule has 2 aromatic carbocycles. The Morgan fingerprint density at radius 1 is 1.18 bits per heavy atom. The molecular formula is C24H25IO8. The molecule has 0 aliphatic carbocycles. The number of hydrogen-bond donors (Lipinski definition) is 3. The molecule has 0 bridgehead atoms. The standard InChI is InChI=1S/C24H25IO8/c1-3-4-5-7-14-20(23(28)29)16(26)12-17(27)22(14)32-19-11-13(31-2)10-15-18(8-6-9-25)33-24(30)21(15)19/h8,10-12,26-27H,3-7,9H2,1-2H3,(H,28,29)/b18-8+. The highest BCUT2D eigenvalue weighted by molar-refractivity contribution is 14.1. The number of allylic oxidation sites excluding steroid dienone is 1. The highest BCUT2D eigenvalue weighted by Crippen LogP contribution is 2.46. The summed E-state index contributed by atoms with van der Waals surface area (Å²) in [4.78, 5) is 24.6. The number of unbranched alkanes of at least 4 members (excludes halogenated alkanes) is 2. The second kappa shape index (κ2) is 10.8. The lowest BCUT2D eigenvalue weighted by atomic mass is 9.98. The first-order valence-corrected chi connectivity index (χ1v) is 12.0. The Kier molecular flexibility index (Phi) is 8.06. The van der Waals surface area contributed by atoms with Crippen LogP contribution in [0.3, 0.4) is 0 Å². The highest BCUT2D eigenvalue weighted by Gasteiger charge is 2.33. The Morgan fingerprint density at radius 3 is 2.58 bits per heavy atom.